The molecule has 0 heterocycles. The van der Waals surface area contributed by atoms with Gasteiger partial charge in [0.05, 0.1) is 6.61 Å². The van der Waals surface area contributed by atoms with E-state index in [4.69, 9.17) is 39.5 Å². The smallest absolute Gasteiger partial charge is 0.266 e. The summed E-state index contributed by atoms with van der Waals surface area (Å²) in [7, 11) is 0. The predicted octanol–water partition coefficient (Wildman–Crippen LogP) is 7.49. The Labute approximate surface area is 208 Å². The van der Waals surface area contributed by atoms with E-state index in [1.165, 1.54) is 6.08 Å². The van der Waals surface area contributed by atoms with Crippen molar-refractivity contribution in [3.63, 3.8) is 0 Å². The van der Waals surface area contributed by atoms with Gasteiger partial charge in [0, 0.05) is 32.7 Å². The first-order valence-corrected chi connectivity index (χ1v) is 11.3. The van der Waals surface area contributed by atoms with Gasteiger partial charge in [-0.3, -0.25) is 4.79 Å². The van der Waals surface area contributed by atoms with Crippen LogP contribution in [0.1, 0.15) is 29.2 Å². The van der Waals surface area contributed by atoms with Gasteiger partial charge in [-0.05, 0) is 66.9 Å². The molecule has 0 aromatic heterocycles. The summed E-state index contributed by atoms with van der Waals surface area (Å²) in [5.41, 5.74) is 3.57. The molecule has 0 saturated heterocycles. The Bertz CT molecular complexity index is 1260. The highest BCUT2D eigenvalue weighted by molar-refractivity contribution is 6.32. The van der Waals surface area contributed by atoms with Gasteiger partial charge >= 0.3 is 0 Å². The average Bonchev–Trinajstić information content (AvgIpc) is 2.78. The van der Waals surface area contributed by atoms with Crippen molar-refractivity contribution in [1.29, 1.82) is 5.26 Å². The summed E-state index contributed by atoms with van der Waals surface area (Å²) in [4.78, 5) is 12.7. The van der Waals surface area contributed by atoms with E-state index < -0.39 is 5.91 Å². The van der Waals surface area contributed by atoms with Gasteiger partial charge in [0.15, 0.2) is 0 Å². The number of nitrogens with one attached hydrogen (secondary N) is 1. The molecule has 0 radical (unpaired) electrons. The Morgan fingerprint density at radius 3 is 2.48 bits per heavy atom. The Kier molecular flexibility index (Phi) is 8.41. The summed E-state index contributed by atoms with van der Waals surface area (Å²) in [5, 5.41) is 13.9. The predicted molar refractivity (Wildman–Crippen MR) is 135 cm³/mol. The van der Waals surface area contributed by atoms with Gasteiger partial charge in [-0.1, -0.05) is 59.1 Å². The van der Waals surface area contributed by atoms with Crippen molar-refractivity contribution < 1.29 is 9.53 Å². The van der Waals surface area contributed by atoms with E-state index >= 15 is 0 Å². The summed E-state index contributed by atoms with van der Waals surface area (Å²) >= 11 is 19.0. The van der Waals surface area contributed by atoms with Crippen LogP contribution in [-0.4, -0.2) is 12.5 Å². The maximum Gasteiger partial charge on any atom is 0.266 e. The second-order valence-corrected chi connectivity index (χ2v) is 8.49. The third-order valence-corrected chi connectivity index (χ3v) is 6.02. The fraction of sp³-hybridized carbons (Fsp3) is 0.154. The Morgan fingerprint density at radius 2 is 1.82 bits per heavy atom. The van der Waals surface area contributed by atoms with Crippen LogP contribution in [0.5, 0.6) is 5.75 Å². The molecular formula is C26H21Cl3N2O2. The third kappa shape index (κ3) is 6.30. The lowest BCUT2D eigenvalue weighted by molar-refractivity contribution is -0.112. The lowest BCUT2D eigenvalue weighted by Crippen LogP contribution is -2.13. The van der Waals surface area contributed by atoms with Gasteiger partial charge in [0.2, 0.25) is 0 Å². The highest BCUT2D eigenvalue weighted by Crippen LogP contribution is 2.33. The lowest BCUT2D eigenvalue weighted by atomic mass is 10.0. The maximum absolute atomic E-state index is 12.7. The first-order chi connectivity index (χ1) is 15.8. The van der Waals surface area contributed by atoms with Crippen LogP contribution in [0, 0.1) is 18.3 Å². The van der Waals surface area contributed by atoms with E-state index in [1.807, 2.05) is 44.2 Å². The van der Waals surface area contributed by atoms with E-state index in [0.29, 0.717) is 45.1 Å². The van der Waals surface area contributed by atoms with Crippen LogP contribution < -0.4 is 10.1 Å². The number of anilines is 1. The molecule has 3 rings (SSSR count). The number of hydrogen-bond acceptors (Lipinski definition) is 3. The lowest BCUT2D eigenvalue weighted by Gasteiger charge is -2.14. The van der Waals surface area contributed by atoms with Crippen molar-refractivity contribution >= 4 is 52.5 Å². The van der Waals surface area contributed by atoms with E-state index in [1.54, 1.807) is 30.3 Å². The molecule has 3 aromatic carbocycles. The molecule has 0 bridgehead atoms. The number of benzene rings is 3. The summed E-state index contributed by atoms with van der Waals surface area (Å²) in [6, 6.07) is 18.1. The van der Waals surface area contributed by atoms with Crippen LogP contribution in [0.2, 0.25) is 15.1 Å². The summed E-state index contributed by atoms with van der Waals surface area (Å²) in [5.74, 6) is 0.0193. The van der Waals surface area contributed by atoms with E-state index in [9.17, 15) is 10.1 Å². The summed E-state index contributed by atoms with van der Waals surface area (Å²) in [6.07, 6.45) is 1.95. The molecule has 0 fully saturated rings. The molecule has 4 nitrogen and oxygen atoms in total. The van der Waals surface area contributed by atoms with Gasteiger partial charge in [0.25, 0.3) is 5.91 Å². The number of nitriles is 1. The Hall–Kier alpha value is -2.97. The molecular weight excluding hydrogens is 479 g/mol. The molecule has 0 unspecified atom stereocenters. The van der Waals surface area contributed by atoms with Crippen LogP contribution in [0.25, 0.3) is 6.08 Å². The molecule has 1 amide bonds. The van der Waals surface area contributed by atoms with E-state index in [0.717, 1.165) is 16.7 Å². The fourth-order valence-corrected chi connectivity index (χ4v) is 3.86. The SMILES string of the molecule is CCOc1cc(/C=C(\C#N)C(=O)Nc2ccc(C)c(Cl)c2)cc(Cl)c1Cc1ccccc1Cl. The number of carbonyl (C=O) groups excluding carboxylic acids is 1. The fourth-order valence-electron chi connectivity index (χ4n) is 3.19. The molecule has 0 aliphatic heterocycles. The van der Waals surface area contributed by atoms with Gasteiger partial charge in [0.1, 0.15) is 17.4 Å². The first-order valence-electron chi connectivity index (χ1n) is 10.2. The molecule has 3 aromatic rings. The second kappa shape index (κ2) is 11.2. The number of halogens is 3. The van der Waals surface area contributed by atoms with Crippen LogP contribution >= 0.6 is 34.8 Å². The molecule has 0 saturated carbocycles. The molecule has 168 valence electrons. The van der Waals surface area contributed by atoms with Crippen molar-refractivity contribution in [3.8, 4) is 11.8 Å². The monoisotopic (exact) mass is 498 g/mol. The van der Waals surface area contributed by atoms with Crippen molar-refractivity contribution in [2.24, 2.45) is 0 Å². The number of carbonyl (C=O) groups is 1. The summed E-state index contributed by atoms with van der Waals surface area (Å²) in [6.45, 7) is 4.17. The molecule has 33 heavy (non-hydrogen) atoms. The number of nitrogens with zero attached hydrogens (tertiary/aromatic N) is 1. The summed E-state index contributed by atoms with van der Waals surface area (Å²) < 4.78 is 5.81. The van der Waals surface area contributed by atoms with Gasteiger partial charge in [-0.2, -0.15) is 5.26 Å². The molecule has 0 aliphatic carbocycles. The molecule has 0 aliphatic rings. The molecule has 1 N–H and O–H groups in total. The van der Waals surface area contributed by atoms with Crippen molar-refractivity contribution in [3.05, 3.63) is 97.5 Å². The minimum Gasteiger partial charge on any atom is -0.494 e. The van der Waals surface area contributed by atoms with Gasteiger partial charge < -0.3 is 10.1 Å². The number of hydrogen-bond donors (Lipinski definition) is 1. The topological polar surface area (TPSA) is 62.1 Å². The number of rotatable bonds is 7. The van der Waals surface area contributed by atoms with Gasteiger partial charge in [-0.25, -0.2) is 0 Å². The Morgan fingerprint density at radius 1 is 1.06 bits per heavy atom. The van der Waals surface area contributed by atoms with Crippen molar-refractivity contribution in [2.45, 2.75) is 20.3 Å². The standard InChI is InChI=1S/C26H21Cl3N2O2/c1-3-33-25-12-17(11-24(29)21(25)13-18-6-4-5-7-22(18)27)10-19(15-30)26(32)31-20-9-8-16(2)23(28)14-20/h4-12,14H,3,13H2,1-2H3,(H,31,32)/b19-10+. The number of aryl methyl sites for hydroxylation is 1. The van der Waals surface area contributed by atoms with Crippen LogP contribution in [0.4, 0.5) is 5.69 Å². The maximum atomic E-state index is 12.7. The molecule has 0 spiro atoms. The molecule has 0 atom stereocenters. The zero-order chi connectivity index (χ0) is 24.0. The second-order valence-electron chi connectivity index (χ2n) is 7.27. The number of ether oxygens (including phenoxy) is 1. The zero-order valence-corrected chi connectivity index (χ0v) is 20.4. The van der Waals surface area contributed by atoms with Crippen LogP contribution in [0.15, 0.2) is 60.2 Å². The third-order valence-electron chi connectivity index (χ3n) is 4.91. The number of amides is 1. The highest BCUT2D eigenvalue weighted by Gasteiger charge is 2.15. The highest BCUT2D eigenvalue weighted by atomic mass is 35.5. The Balaban J connectivity index is 1.92. The normalized spacial score (nSPS) is 11.1. The first kappa shape index (κ1) is 24.7. The average molecular weight is 500 g/mol. The van der Waals surface area contributed by atoms with Crippen LogP contribution in [-0.2, 0) is 11.2 Å². The van der Waals surface area contributed by atoms with Crippen molar-refractivity contribution in [1.82, 2.24) is 0 Å². The largest absolute Gasteiger partial charge is 0.494 e. The van der Waals surface area contributed by atoms with Crippen LogP contribution in [0.3, 0.4) is 0 Å². The van der Waals surface area contributed by atoms with Crippen molar-refractivity contribution in [2.75, 3.05) is 11.9 Å². The van der Waals surface area contributed by atoms with E-state index in [2.05, 4.69) is 5.32 Å². The van der Waals surface area contributed by atoms with Gasteiger partial charge in [-0.15, -0.1) is 0 Å². The molecule has 7 heteroatoms. The van der Waals surface area contributed by atoms with E-state index in [-0.39, 0.29) is 5.57 Å². The minimum atomic E-state index is -0.549. The zero-order valence-electron chi connectivity index (χ0n) is 18.1. The quantitative estimate of drug-likeness (QED) is 0.270. The minimum absolute atomic E-state index is 0.0796.